The zero-order valence-corrected chi connectivity index (χ0v) is 17.5. The van der Waals surface area contributed by atoms with Crippen molar-refractivity contribution in [3.05, 3.63) is 33.8 Å². The second kappa shape index (κ2) is 16.0. The summed E-state index contributed by atoms with van der Waals surface area (Å²) < 4.78 is 5.71. The second-order valence-electron chi connectivity index (χ2n) is 7.03. The Morgan fingerprint density at radius 3 is 1.76 bits per heavy atom. The first-order valence-corrected chi connectivity index (χ1v) is 11.0. The van der Waals surface area contributed by atoms with E-state index in [4.69, 9.17) is 27.9 Å². The smallest absolute Gasteiger partial charge is 0.0731 e. The SMILES string of the molecule is CCCCCCCCCCCCCCCOCc1ccc(Cl)cc1Cl. The normalized spacial score (nSPS) is 11.2. The molecule has 1 rings (SSSR count). The number of hydrogen-bond acceptors (Lipinski definition) is 1. The molecule has 0 amide bonds. The predicted molar refractivity (Wildman–Crippen MR) is 112 cm³/mol. The fourth-order valence-electron chi connectivity index (χ4n) is 3.04. The maximum absolute atomic E-state index is 6.13. The van der Waals surface area contributed by atoms with Crippen molar-refractivity contribution in [2.24, 2.45) is 0 Å². The van der Waals surface area contributed by atoms with Crippen LogP contribution in [0.15, 0.2) is 18.2 Å². The fraction of sp³-hybridized carbons (Fsp3) is 0.727. The van der Waals surface area contributed by atoms with E-state index in [1.165, 1.54) is 77.0 Å². The van der Waals surface area contributed by atoms with Crippen LogP contribution >= 0.6 is 23.2 Å². The van der Waals surface area contributed by atoms with E-state index < -0.39 is 0 Å². The molecule has 1 nitrogen and oxygen atoms in total. The lowest BCUT2D eigenvalue weighted by atomic mass is 10.0. The molecule has 0 radical (unpaired) electrons. The molecule has 0 unspecified atom stereocenters. The van der Waals surface area contributed by atoms with Crippen LogP contribution in [0.1, 0.15) is 96.0 Å². The number of ether oxygens (including phenoxy) is 1. The Morgan fingerprint density at radius 2 is 1.24 bits per heavy atom. The van der Waals surface area contributed by atoms with Gasteiger partial charge in [-0.2, -0.15) is 0 Å². The van der Waals surface area contributed by atoms with Gasteiger partial charge in [0, 0.05) is 16.7 Å². The molecule has 144 valence electrons. The van der Waals surface area contributed by atoms with E-state index in [1.807, 2.05) is 12.1 Å². The summed E-state index contributed by atoms with van der Waals surface area (Å²) in [5, 5.41) is 1.36. The first kappa shape index (κ1) is 22.8. The van der Waals surface area contributed by atoms with E-state index in [9.17, 15) is 0 Å². The minimum Gasteiger partial charge on any atom is -0.377 e. The molecule has 0 aliphatic rings. The van der Waals surface area contributed by atoms with Crippen LogP contribution in [0.2, 0.25) is 10.0 Å². The summed E-state index contributed by atoms with van der Waals surface area (Å²) in [5.74, 6) is 0. The van der Waals surface area contributed by atoms with Crippen molar-refractivity contribution in [1.82, 2.24) is 0 Å². The van der Waals surface area contributed by atoms with Gasteiger partial charge in [0.25, 0.3) is 0 Å². The lowest BCUT2D eigenvalue weighted by Crippen LogP contribution is -1.96. The zero-order valence-electron chi connectivity index (χ0n) is 16.0. The van der Waals surface area contributed by atoms with Crippen LogP contribution in [0.25, 0.3) is 0 Å². The molecule has 0 bridgehead atoms. The molecule has 0 spiro atoms. The molecule has 0 heterocycles. The zero-order chi connectivity index (χ0) is 18.2. The highest BCUT2D eigenvalue weighted by Crippen LogP contribution is 2.21. The molecule has 0 N–H and O–H groups in total. The minimum absolute atomic E-state index is 0.578. The Kier molecular flexibility index (Phi) is 14.6. The van der Waals surface area contributed by atoms with Crippen molar-refractivity contribution in [3.8, 4) is 0 Å². The van der Waals surface area contributed by atoms with E-state index in [1.54, 1.807) is 6.07 Å². The van der Waals surface area contributed by atoms with E-state index in [0.29, 0.717) is 16.7 Å². The van der Waals surface area contributed by atoms with Crippen LogP contribution in [0, 0.1) is 0 Å². The van der Waals surface area contributed by atoms with Gasteiger partial charge in [-0.15, -0.1) is 0 Å². The van der Waals surface area contributed by atoms with Crippen LogP contribution in [0.4, 0.5) is 0 Å². The maximum Gasteiger partial charge on any atom is 0.0731 e. The molecule has 1 aromatic carbocycles. The average Bonchev–Trinajstić information content (AvgIpc) is 2.60. The fourth-order valence-corrected chi connectivity index (χ4v) is 3.51. The van der Waals surface area contributed by atoms with Crippen molar-refractivity contribution in [1.29, 1.82) is 0 Å². The lowest BCUT2D eigenvalue weighted by Gasteiger charge is -2.07. The lowest BCUT2D eigenvalue weighted by molar-refractivity contribution is 0.117. The largest absolute Gasteiger partial charge is 0.377 e. The Bertz CT molecular complexity index is 434. The molecular weight excluding hydrogens is 351 g/mol. The van der Waals surface area contributed by atoms with E-state index in [0.717, 1.165) is 18.6 Å². The summed E-state index contributed by atoms with van der Waals surface area (Å²) >= 11 is 12.0. The Morgan fingerprint density at radius 1 is 0.720 bits per heavy atom. The third kappa shape index (κ3) is 12.7. The van der Waals surface area contributed by atoms with Gasteiger partial charge < -0.3 is 4.74 Å². The van der Waals surface area contributed by atoms with Crippen molar-refractivity contribution < 1.29 is 4.74 Å². The van der Waals surface area contributed by atoms with Crippen LogP contribution < -0.4 is 0 Å². The van der Waals surface area contributed by atoms with Crippen molar-refractivity contribution >= 4 is 23.2 Å². The third-order valence-corrected chi connectivity index (χ3v) is 5.25. The van der Waals surface area contributed by atoms with Gasteiger partial charge in [-0.05, 0) is 24.1 Å². The molecule has 25 heavy (non-hydrogen) atoms. The van der Waals surface area contributed by atoms with Gasteiger partial charge in [-0.25, -0.2) is 0 Å². The predicted octanol–water partition coefficient (Wildman–Crippen LogP) is 8.60. The quantitative estimate of drug-likeness (QED) is 0.258. The Labute approximate surface area is 165 Å². The highest BCUT2D eigenvalue weighted by atomic mass is 35.5. The Hall–Kier alpha value is -0.240. The first-order chi connectivity index (χ1) is 12.2. The molecule has 0 atom stereocenters. The molecule has 0 saturated carbocycles. The molecule has 0 saturated heterocycles. The van der Waals surface area contributed by atoms with Gasteiger partial charge >= 0.3 is 0 Å². The Balaban J connectivity index is 1.81. The van der Waals surface area contributed by atoms with E-state index >= 15 is 0 Å². The monoisotopic (exact) mass is 386 g/mol. The van der Waals surface area contributed by atoms with Crippen LogP contribution in [-0.4, -0.2) is 6.61 Å². The van der Waals surface area contributed by atoms with Crippen molar-refractivity contribution in [3.63, 3.8) is 0 Å². The van der Waals surface area contributed by atoms with Gasteiger partial charge in [0.15, 0.2) is 0 Å². The summed E-state index contributed by atoms with van der Waals surface area (Å²) in [4.78, 5) is 0. The number of halogens is 2. The molecular formula is C22H36Cl2O. The molecule has 3 heteroatoms. The third-order valence-electron chi connectivity index (χ3n) is 4.66. The summed E-state index contributed by atoms with van der Waals surface area (Å²) in [5.41, 5.74) is 1.01. The number of rotatable bonds is 16. The molecule has 1 aromatic rings. The summed E-state index contributed by atoms with van der Waals surface area (Å²) in [6.07, 6.45) is 17.9. The second-order valence-corrected chi connectivity index (χ2v) is 7.87. The first-order valence-electron chi connectivity index (χ1n) is 10.3. The highest BCUT2D eigenvalue weighted by Gasteiger charge is 2.01. The topological polar surface area (TPSA) is 9.23 Å². The number of unbranched alkanes of at least 4 members (excludes halogenated alkanes) is 12. The molecule has 0 aliphatic carbocycles. The molecule has 0 aromatic heterocycles. The van der Waals surface area contributed by atoms with Gasteiger partial charge in [0.1, 0.15) is 0 Å². The highest BCUT2D eigenvalue weighted by molar-refractivity contribution is 6.35. The average molecular weight is 387 g/mol. The number of hydrogen-bond donors (Lipinski definition) is 0. The van der Waals surface area contributed by atoms with Gasteiger partial charge in [0.05, 0.1) is 6.61 Å². The van der Waals surface area contributed by atoms with Gasteiger partial charge in [0.2, 0.25) is 0 Å². The minimum atomic E-state index is 0.578. The molecule has 0 aliphatic heterocycles. The van der Waals surface area contributed by atoms with Crippen molar-refractivity contribution in [2.75, 3.05) is 6.61 Å². The number of benzene rings is 1. The van der Waals surface area contributed by atoms with E-state index in [2.05, 4.69) is 6.92 Å². The molecule has 0 fully saturated rings. The van der Waals surface area contributed by atoms with Gasteiger partial charge in [-0.3, -0.25) is 0 Å². The van der Waals surface area contributed by atoms with Crippen LogP contribution in [-0.2, 0) is 11.3 Å². The van der Waals surface area contributed by atoms with Gasteiger partial charge in [-0.1, -0.05) is 113 Å². The van der Waals surface area contributed by atoms with Crippen molar-refractivity contribution in [2.45, 2.75) is 97.0 Å². The summed E-state index contributed by atoms with van der Waals surface area (Å²) in [6.45, 7) is 3.67. The summed E-state index contributed by atoms with van der Waals surface area (Å²) in [7, 11) is 0. The van der Waals surface area contributed by atoms with Crippen LogP contribution in [0.5, 0.6) is 0 Å². The van der Waals surface area contributed by atoms with E-state index in [-0.39, 0.29) is 0 Å². The standard InChI is InChI=1S/C22H36Cl2O/c1-2-3-4-5-6-7-8-9-10-11-12-13-14-17-25-19-20-15-16-21(23)18-22(20)24/h15-16,18H,2-14,17,19H2,1H3. The van der Waals surface area contributed by atoms with Crippen LogP contribution in [0.3, 0.4) is 0 Å². The summed E-state index contributed by atoms with van der Waals surface area (Å²) in [6, 6.07) is 5.57. The maximum atomic E-state index is 6.13.